The number of carbonyl (C=O) groups excluding carboxylic acids is 1. The molecule has 0 aliphatic heterocycles. The molecule has 0 fully saturated rings. The average Bonchev–Trinajstić information content (AvgIpc) is 3.44. The Morgan fingerprint density at radius 1 is 1.09 bits per heavy atom. The molecule has 4 aromatic rings. The molecule has 1 N–H and O–H groups in total. The third-order valence-electron chi connectivity index (χ3n) is 5.32. The smallest absolute Gasteiger partial charge is 0.258 e. The van der Waals surface area contributed by atoms with Gasteiger partial charge in [0, 0.05) is 28.7 Å². The first-order chi connectivity index (χ1) is 15.8. The number of pyridine rings is 1. The molecular weight excluding hydrogens is 438 g/mol. The van der Waals surface area contributed by atoms with Crippen LogP contribution in [0.1, 0.15) is 55.7 Å². The van der Waals surface area contributed by atoms with E-state index >= 15 is 0 Å². The highest BCUT2D eigenvalue weighted by Gasteiger charge is 2.20. The maximum Gasteiger partial charge on any atom is 0.258 e. The normalized spacial score (nSPS) is 11.4. The average molecular weight is 466 g/mol. The van der Waals surface area contributed by atoms with Gasteiger partial charge in [-0.05, 0) is 38.0 Å². The first-order valence-electron chi connectivity index (χ1n) is 10.7. The van der Waals surface area contributed by atoms with E-state index in [1.165, 1.54) is 11.3 Å². The van der Waals surface area contributed by atoms with Gasteiger partial charge in [0.25, 0.3) is 5.91 Å². The summed E-state index contributed by atoms with van der Waals surface area (Å²) in [6.45, 7) is 8.20. The van der Waals surface area contributed by atoms with Gasteiger partial charge in [-0.1, -0.05) is 13.8 Å². The molecule has 3 heterocycles. The number of fused-ring (bicyclic) bond motifs is 1. The molecule has 0 bridgehead atoms. The lowest BCUT2D eigenvalue weighted by molar-refractivity contribution is 0.102. The topological polar surface area (TPSA) is 91.2 Å². The van der Waals surface area contributed by atoms with E-state index in [0.29, 0.717) is 33.5 Å². The van der Waals surface area contributed by atoms with Crippen LogP contribution >= 0.6 is 11.3 Å². The summed E-state index contributed by atoms with van der Waals surface area (Å²) in [5.74, 6) is 1.28. The number of hydrogen-bond donors (Lipinski definition) is 1. The second-order valence-corrected chi connectivity index (χ2v) is 9.09. The predicted octanol–water partition coefficient (Wildman–Crippen LogP) is 5.53. The number of benzene rings is 1. The number of nitrogens with zero attached hydrogens (tertiary/aromatic N) is 4. The van der Waals surface area contributed by atoms with Crippen molar-refractivity contribution >= 4 is 33.4 Å². The summed E-state index contributed by atoms with van der Waals surface area (Å²) in [5, 5.41) is 10.5. The van der Waals surface area contributed by atoms with Gasteiger partial charge in [-0.3, -0.25) is 10.1 Å². The van der Waals surface area contributed by atoms with E-state index in [2.05, 4.69) is 29.2 Å². The van der Waals surface area contributed by atoms with Gasteiger partial charge in [0.05, 0.1) is 37.1 Å². The Morgan fingerprint density at radius 2 is 1.88 bits per heavy atom. The Labute approximate surface area is 196 Å². The summed E-state index contributed by atoms with van der Waals surface area (Å²) in [6, 6.07) is 7.52. The van der Waals surface area contributed by atoms with Crippen molar-refractivity contribution in [1.29, 1.82) is 0 Å². The van der Waals surface area contributed by atoms with Crippen LogP contribution in [-0.2, 0) is 0 Å². The molecular formula is C24H27N5O3S. The zero-order valence-corrected chi connectivity index (χ0v) is 20.4. The van der Waals surface area contributed by atoms with E-state index < -0.39 is 0 Å². The minimum atomic E-state index is -0.241. The number of hydrogen-bond acceptors (Lipinski definition) is 7. The molecule has 0 atom stereocenters. The minimum absolute atomic E-state index is 0.134. The number of nitrogens with one attached hydrogen (secondary N) is 1. The van der Waals surface area contributed by atoms with Crippen LogP contribution in [0, 0.1) is 0 Å². The molecule has 0 saturated heterocycles. The molecule has 0 aliphatic carbocycles. The van der Waals surface area contributed by atoms with Gasteiger partial charge >= 0.3 is 0 Å². The summed E-state index contributed by atoms with van der Waals surface area (Å²) in [6.07, 6.45) is 1.71. The Hall–Kier alpha value is -3.46. The quantitative estimate of drug-likeness (QED) is 0.386. The molecule has 172 valence electrons. The first-order valence-corrected chi connectivity index (χ1v) is 11.6. The zero-order chi connectivity index (χ0) is 23.7. The molecule has 4 rings (SSSR count). The van der Waals surface area contributed by atoms with Crippen LogP contribution in [-0.4, -0.2) is 39.9 Å². The van der Waals surface area contributed by atoms with Gasteiger partial charge in [-0.2, -0.15) is 5.10 Å². The Balaban J connectivity index is 1.67. The van der Waals surface area contributed by atoms with Gasteiger partial charge in [0.1, 0.15) is 11.5 Å². The van der Waals surface area contributed by atoms with E-state index in [1.807, 2.05) is 42.1 Å². The van der Waals surface area contributed by atoms with Crippen molar-refractivity contribution in [2.45, 2.75) is 39.7 Å². The lowest BCUT2D eigenvalue weighted by Gasteiger charge is -2.12. The molecule has 1 aromatic carbocycles. The summed E-state index contributed by atoms with van der Waals surface area (Å²) in [4.78, 5) is 22.7. The highest BCUT2D eigenvalue weighted by Crippen LogP contribution is 2.35. The van der Waals surface area contributed by atoms with Gasteiger partial charge < -0.3 is 9.47 Å². The van der Waals surface area contributed by atoms with Crippen LogP contribution < -0.4 is 14.8 Å². The number of thiazole rings is 1. The van der Waals surface area contributed by atoms with Crippen LogP contribution in [0.4, 0.5) is 5.13 Å². The summed E-state index contributed by atoms with van der Waals surface area (Å²) in [7, 11) is 3.21. The van der Waals surface area contributed by atoms with Gasteiger partial charge in [-0.15, -0.1) is 11.3 Å². The number of aromatic nitrogens is 4. The maximum absolute atomic E-state index is 13.3. The Kier molecular flexibility index (Phi) is 6.33. The molecule has 0 spiro atoms. The number of ether oxygens (including phenoxy) is 2. The first kappa shape index (κ1) is 22.7. The van der Waals surface area contributed by atoms with Crippen LogP contribution in [0.2, 0.25) is 0 Å². The summed E-state index contributed by atoms with van der Waals surface area (Å²) < 4.78 is 12.6. The fraction of sp³-hybridized carbons (Fsp3) is 0.333. The molecule has 33 heavy (non-hydrogen) atoms. The third-order valence-corrected chi connectivity index (χ3v) is 6.08. The number of methoxy groups -OCH3 is 2. The molecule has 1 amide bonds. The fourth-order valence-electron chi connectivity index (χ4n) is 3.53. The van der Waals surface area contributed by atoms with Gasteiger partial charge in [0.2, 0.25) is 0 Å². The number of rotatable bonds is 7. The van der Waals surface area contributed by atoms with Crippen molar-refractivity contribution in [1.82, 2.24) is 19.7 Å². The van der Waals surface area contributed by atoms with E-state index in [1.54, 1.807) is 26.5 Å². The predicted molar refractivity (Wildman–Crippen MR) is 131 cm³/mol. The van der Waals surface area contributed by atoms with Crippen molar-refractivity contribution in [3.05, 3.63) is 47.1 Å². The van der Waals surface area contributed by atoms with Crippen molar-refractivity contribution in [3.8, 4) is 22.8 Å². The van der Waals surface area contributed by atoms with E-state index in [-0.39, 0.29) is 17.9 Å². The van der Waals surface area contributed by atoms with Crippen molar-refractivity contribution in [2.75, 3.05) is 19.5 Å². The van der Waals surface area contributed by atoms with Crippen molar-refractivity contribution in [3.63, 3.8) is 0 Å². The SMILES string of the molecule is COc1ccc(-c2csc(NC(=O)c3cc(C(C)C)nc4c3cnn4C(C)C)n2)c(OC)c1. The Morgan fingerprint density at radius 3 is 2.55 bits per heavy atom. The standard InChI is InChI=1S/C24H27N5O3S/c1-13(2)19-10-17(18-11-25-29(14(3)4)22(18)26-19)23(30)28-24-27-20(12-33-24)16-8-7-15(31-5)9-21(16)32-6/h7-14H,1-6H3,(H,27,28,30). The third kappa shape index (κ3) is 4.41. The van der Waals surface area contributed by atoms with E-state index in [4.69, 9.17) is 14.5 Å². The molecule has 3 aromatic heterocycles. The lowest BCUT2D eigenvalue weighted by atomic mass is 10.0. The van der Waals surface area contributed by atoms with E-state index in [9.17, 15) is 4.79 Å². The fourth-order valence-corrected chi connectivity index (χ4v) is 4.23. The molecule has 0 radical (unpaired) electrons. The molecule has 0 saturated carbocycles. The number of anilines is 1. The van der Waals surface area contributed by atoms with Crippen LogP contribution in [0.15, 0.2) is 35.8 Å². The maximum atomic E-state index is 13.3. The largest absolute Gasteiger partial charge is 0.497 e. The van der Waals surface area contributed by atoms with Crippen LogP contribution in [0.25, 0.3) is 22.3 Å². The number of carbonyl (C=O) groups is 1. The molecule has 0 unspecified atom stereocenters. The highest BCUT2D eigenvalue weighted by molar-refractivity contribution is 7.14. The second-order valence-electron chi connectivity index (χ2n) is 8.23. The molecule has 9 heteroatoms. The zero-order valence-electron chi connectivity index (χ0n) is 19.5. The van der Waals surface area contributed by atoms with Gasteiger partial charge in [-0.25, -0.2) is 14.6 Å². The Bertz CT molecular complexity index is 1310. The minimum Gasteiger partial charge on any atom is -0.497 e. The highest BCUT2D eigenvalue weighted by atomic mass is 32.1. The summed E-state index contributed by atoms with van der Waals surface area (Å²) in [5.41, 5.74) is 3.63. The summed E-state index contributed by atoms with van der Waals surface area (Å²) >= 11 is 1.36. The monoisotopic (exact) mass is 465 g/mol. The van der Waals surface area contributed by atoms with Crippen molar-refractivity contribution < 1.29 is 14.3 Å². The number of amides is 1. The van der Waals surface area contributed by atoms with Crippen molar-refractivity contribution in [2.24, 2.45) is 0 Å². The van der Waals surface area contributed by atoms with E-state index in [0.717, 1.165) is 16.6 Å². The molecule has 8 nitrogen and oxygen atoms in total. The molecule has 0 aliphatic rings. The van der Waals surface area contributed by atoms with Crippen LogP contribution in [0.3, 0.4) is 0 Å². The second kappa shape index (κ2) is 9.19. The van der Waals surface area contributed by atoms with Gasteiger partial charge in [0.15, 0.2) is 10.8 Å². The lowest BCUT2D eigenvalue weighted by Crippen LogP contribution is -2.14. The van der Waals surface area contributed by atoms with Crippen LogP contribution in [0.5, 0.6) is 11.5 Å².